The van der Waals surface area contributed by atoms with Crippen LogP contribution in [-0.2, 0) is 27.9 Å². The molecular weight excluding hydrogens is 553 g/mol. The van der Waals surface area contributed by atoms with Gasteiger partial charge in [0.2, 0.25) is 0 Å². The standard InChI is InChI=1S/C33H64NO7P/c1-6-8-9-10-11-12-13-14-15-16-17-18-19-20-21-22-23-24-25-26-28-38-30-32(41-33(35)7-2)31-40-42(36,37)39-29-27-34(3,4)5/h11-12,14-15,32H,6-10,13,16-31H2,1-5H3/p+1/b12-11-,15-14-. The Balaban J connectivity index is 3.77. The van der Waals surface area contributed by atoms with Crippen LogP contribution < -0.4 is 0 Å². The van der Waals surface area contributed by atoms with E-state index in [1.165, 1.54) is 83.5 Å². The first-order valence-electron chi connectivity index (χ1n) is 16.6. The Hall–Kier alpha value is -1.02. The number of phosphoric acid groups is 1. The number of phosphoric ester groups is 1. The maximum atomic E-state index is 12.1. The molecule has 2 atom stereocenters. The predicted octanol–water partition coefficient (Wildman–Crippen LogP) is 8.54. The average Bonchev–Trinajstić information content (AvgIpc) is 2.93. The lowest BCUT2D eigenvalue weighted by Gasteiger charge is -2.24. The fourth-order valence-electron chi connectivity index (χ4n) is 4.14. The van der Waals surface area contributed by atoms with E-state index in [0.29, 0.717) is 17.6 Å². The molecule has 8 nitrogen and oxygen atoms in total. The fourth-order valence-corrected chi connectivity index (χ4v) is 4.89. The molecule has 42 heavy (non-hydrogen) atoms. The molecule has 9 heteroatoms. The zero-order valence-electron chi connectivity index (χ0n) is 27.7. The van der Waals surface area contributed by atoms with Gasteiger partial charge in [0, 0.05) is 13.0 Å². The van der Waals surface area contributed by atoms with E-state index in [-0.39, 0.29) is 26.2 Å². The summed E-state index contributed by atoms with van der Waals surface area (Å²) in [6, 6.07) is 0. The van der Waals surface area contributed by atoms with Gasteiger partial charge in [-0.05, 0) is 38.5 Å². The van der Waals surface area contributed by atoms with Crippen molar-refractivity contribution in [1.82, 2.24) is 0 Å². The Morgan fingerprint density at radius 2 is 1.29 bits per heavy atom. The minimum atomic E-state index is -4.23. The van der Waals surface area contributed by atoms with Crippen molar-refractivity contribution >= 4 is 13.8 Å². The first-order valence-corrected chi connectivity index (χ1v) is 18.1. The number of quaternary nitrogens is 1. The molecule has 1 N–H and O–H groups in total. The van der Waals surface area contributed by atoms with E-state index in [1.54, 1.807) is 6.92 Å². The zero-order chi connectivity index (χ0) is 31.4. The van der Waals surface area contributed by atoms with Gasteiger partial charge in [-0.15, -0.1) is 0 Å². The highest BCUT2D eigenvalue weighted by Crippen LogP contribution is 2.43. The van der Waals surface area contributed by atoms with Gasteiger partial charge in [-0.25, -0.2) is 4.57 Å². The normalized spacial score (nSPS) is 14.5. The molecule has 0 saturated carbocycles. The summed E-state index contributed by atoms with van der Waals surface area (Å²) in [6.45, 7) is 5.01. The average molecular weight is 619 g/mol. The molecule has 0 aromatic rings. The Labute approximate surface area is 258 Å². The van der Waals surface area contributed by atoms with Crippen molar-refractivity contribution in [2.45, 2.75) is 129 Å². The third-order valence-corrected chi connectivity index (χ3v) is 7.80. The summed E-state index contributed by atoms with van der Waals surface area (Å²) in [6.07, 6.45) is 28.5. The summed E-state index contributed by atoms with van der Waals surface area (Å²) in [5, 5.41) is 0. The van der Waals surface area contributed by atoms with Crippen molar-refractivity contribution in [3.63, 3.8) is 0 Å². The summed E-state index contributed by atoms with van der Waals surface area (Å²) >= 11 is 0. The number of carbonyl (C=O) groups excluding carboxylic acids is 1. The molecule has 0 spiro atoms. The SMILES string of the molecule is CCCCC/C=C\C/C=C\CCCCCCCCCCCCOCC(COP(=O)(O)OCC[N+](C)(C)C)OC(=O)CC. The van der Waals surface area contributed by atoms with E-state index in [4.69, 9.17) is 18.5 Å². The molecule has 248 valence electrons. The van der Waals surface area contributed by atoms with Crippen LogP contribution in [-0.4, -0.2) is 75.6 Å². The summed E-state index contributed by atoms with van der Waals surface area (Å²) in [5.41, 5.74) is 0. The molecule has 0 fully saturated rings. The maximum absolute atomic E-state index is 12.1. The number of likely N-dealkylation sites (N-methyl/N-ethyl adjacent to an activating group) is 1. The second-order valence-electron chi connectivity index (χ2n) is 12.2. The van der Waals surface area contributed by atoms with E-state index < -0.39 is 19.9 Å². The number of ether oxygens (including phenoxy) is 2. The molecule has 0 amide bonds. The van der Waals surface area contributed by atoms with Gasteiger partial charge in [0.1, 0.15) is 19.3 Å². The van der Waals surface area contributed by atoms with Gasteiger partial charge in [0.25, 0.3) is 0 Å². The van der Waals surface area contributed by atoms with Crippen molar-refractivity contribution in [2.24, 2.45) is 0 Å². The minimum Gasteiger partial charge on any atom is -0.457 e. The number of rotatable bonds is 30. The lowest BCUT2D eigenvalue weighted by atomic mass is 10.1. The van der Waals surface area contributed by atoms with Crippen LogP contribution in [0.4, 0.5) is 0 Å². The zero-order valence-corrected chi connectivity index (χ0v) is 28.6. The molecule has 0 aromatic carbocycles. The van der Waals surface area contributed by atoms with E-state index >= 15 is 0 Å². The molecule has 2 unspecified atom stereocenters. The first kappa shape index (κ1) is 41.0. The molecule has 0 aromatic heterocycles. The van der Waals surface area contributed by atoms with Gasteiger partial charge in [-0.3, -0.25) is 13.8 Å². The smallest absolute Gasteiger partial charge is 0.457 e. The highest BCUT2D eigenvalue weighted by molar-refractivity contribution is 7.47. The summed E-state index contributed by atoms with van der Waals surface area (Å²) in [4.78, 5) is 21.7. The largest absolute Gasteiger partial charge is 0.472 e. The van der Waals surface area contributed by atoms with Crippen LogP contribution in [0.5, 0.6) is 0 Å². The fraction of sp³-hybridized carbons (Fsp3) is 0.848. The second-order valence-corrected chi connectivity index (χ2v) is 13.6. The van der Waals surface area contributed by atoms with Gasteiger partial charge >= 0.3 is 13.8 Å². The topological polar surface area (TPSA) is 91.3 Å². The molecule has 0 rings (SSSR count). The summed E-state index contributed by atoms with van der Waals surface area (Å²) in [7, 11) is 1.65. The molecule has 0 saturated heterocycles. The quantitative estimate of drug-likeness (QED) is 0.0284. The number of hydrogen-bond acceptors (Lipinski definition) is 6. The van der Waals surface area contributed by atoms with Crippen LogP contribution >= 0.6 is 7.82 Å². The Morgan fingerprint density at radius 3 is 1.83 bits per heavy atom. The predicted molar refractivity (Wildman–Crippen MR) is 173 cm³/mol. The molecule has 0 aliphatic heterocycles. The molecule has 0 radical (unpaired) electrons. The molecule has 0 bridgehead atoms. The van der Waals surface area contributed by atoms with Crippen molar-refractivity contribution in [2.75, 3.05) is 54.1 Å². The van der Waals surface area contributed by atoms with Crippen LogP contribution in [0, 0.1) is 0 Å². The van der Waals surface area contributed by atoms with Gasteiger partial charge in [-0.2, -0.15) is 0 Å². The van der Waals surface area contributed by atoms with Gasteiger partial charge in [0.15, 0.2) is 0 Å². The lowest BCUT2D eigenvalue weighted by Crippen LogP contribution is -2.37. The second kappa shape index (κ2) is 27.5. The van der Waals surface area contributed by atoms with Crippen LogP contribution in [0.3, 0.4) is 0 Å². The summed E-state index contributed by atoms with van der Waals surface area (Å²) < 4.78 is 33.9. The maximum Gasteiger partial charge on any atom is 0.472 e. The van der Waals surface area contributed by atoms with Crippen LogP contribution in [0.1, 0.15) is 123 Å². The Bertz CT molecular complexity index is 736. The lowest BCUT2D eigenvalue weighted by molar-refractivity contribution is -0.870. The molecule has 0 heterocycles. The van der Waals surface area contributed by atoms with Crippen molar-refractivity contribution in [1.29, 1.82) is 0 Å². The minimum absolute atomic E-state index is 0.0861. The van der Waals surface area contributed by atoms with Crippen molar-refractivity contribution in [3.05, 3.63) is 24.3 Å². The van der Waals surface area contributed by atoms with Gasteiger partial charge in [0.05, 0.1) is 34.4 Å². The third-order valence-electron chi connectivity index (χ3n) is 6.82. The van der Waals surface area contributed by atoms with E-state index in [2.05, 4.69) is 31.2 Å². The summed E-state index contributed by atoms with van der Waals surface area (Å²) in [5.74, 6) is -0.403. The number of esters is 1. The Morgan fingerprint density at radius 1 is 0.738 bits per heavy atom. The van der Waals surface area contributed by atoms with E-state index in [1.807, 2.05) is 21.1 Å². The molecule has 0 aliphatic carbocycles. The number of unbranched alkanes of at least 4 members (excludes halogenated alkanes) is 13. The van der Waals surface area contributed by atoms with Crippen LogP contribution in [0.2, 0.25) is 0 Å². The van der Waals surface area contributed by atoms with E-state index in [0.717, 1.165) is 19.3 Å². The monoisotopic (exact) mass is 618 g/mol. The first-order chi connectivity index (χ1) is 20.1. The van der Waals surface area contributed by atoms with Crippen LogP contribution in [0.25, 0.3) is 0 Å². The molecule has 0 aliphatic rings. The number of nitrogens with zero attached hydrogens (tertiary/aromatic N) is 1. The third kappa shape index (κ3) is 30.4. The highest BCUT2D eigenvalue weighted by atomic mass is 31.2. The van der Waals surface area contributed by atoms with E-state index in [9.17, 15) is 14.3 Å². The van der Waals surface area contributed by atoms with Crippen LogP contribution in [0.15, 0.2) is 24.3 Å². The number of allylic oxidation sites excluding steroid dienone is 4. The number of carbonyl (C=O) groups is 1. The molecular formula is C33H65NO7P+. The highest BCUT2D eigenvalue weighted by Gasteiger charge is 2.26. The van der Waals surface area contributed by atoms with Gasteiger partial charge < -0.3 is 18.9 Å². The number of hydrogen-bond donors (Lipinski definition) is 1. The Kier molecular flexibility index (Phi) is 26.9. The van der Waals surface area contributed by atoms with Gasteiger partial charge in [-0.1, -0.05) is 102 Å². The van der Waals surface area contributed by atoms with Crippen molar-refractivity contribution in [3.8, 4) is 0 Å². The van der Waals surface area contributed by atoms with Crippen molar-refractivity contribution < 1.29 is 37.3 Å².